The minimum Gasteiger partial charge on any atom is -0.366 e. The number of fused-ring (bicyclic) bond motifs is 1. The van der Waals surface area contributed by atoms with Gasteiger partial charge in [0.15, 0.2) is 0 Å². The second kappa shape index (κ2) is 11.9. The molecule has 1 saturated carbocycles. The van der Waals surface area contributed by atoms with Crippen molar-refractivity contribution < 1.29 is 4.39 Å². The van der Waals surface area contributed by atoms with Gasteiger partial charge in [0.05, 0.1) is 11.4 Å². The summed E-state index contributed by atoms with van der Waals surface area (Å²) in [4.78, 5) is 25.9. The van der Waals surface area contributed by atoms with Crippen LogP contribution in [0.25, 0.3) is 33.4 Å². The summed E-state index contributed by atoms with van der Waals surface area (Å²) in [6.07, 6.45) is 7.36. The second-order valence-electron chi connectivity index (χ2n) is 12.3. The molecule has 0 amide bonds. The van der Waals surface area contributed by atoms with Gasteiger partial charge in [-0.2, -0.15) is 10.1 Å². The predicted octanol–water partition coefficient (Wildman–Crippen LogP) is 6.70. The fourth-order valence-electron chi connectivity index (χ4n) is 6.97. The Bertz CT molecular complexity index is 1940. The van der Waals surface area contributed by atoms with Gasteiger partial charge in [0, 0.05) is 77.9 Å². The fraction of sp³-hybridized carbons (Fsp3) is 0.353. The number of hydrogen-bond acceptors (Lipinski definition) is 7. The molecular weight excluding hydrogens is 591 g/mol. The third-order valence-corrected chi connectivity index (χ3v) is 9.17. The van der Waals surface area contributed by atoms with Crippen molar-refractivity contribution in [2.75, 3.05) is 23.3 Å². The monoisotopic (exact) mass is 626 g/mol. The molecule has 9 nitrogen and oxygen atoms in total. The van der Waals surface area contributed by atoms with Crippen molar-refractivity contribution in [3.05, 3.63) is 82.1 Å². The van der Waals surface area contributed by atoms with E-state index in [-0.39, 0.29) is 29.5 Å². The van der Waals surface area contributed by atoms with Crippen molar-refractivity contribution >= 4 is 40.0 Å². The van der Waals surface area contributed by atoms with Gasteiger partial charge in [-0.3, -0.25) is 14.0 Å². The van der Waals surface area contributed by atoms with Crippen LogP contribution in [0.3, 0.4) is 0 Å². The van der Waals surface area contributed by atoms with Gasteiger partial charge in [0.25, 0.3) is 5.56 Å². The Morgan fingerprint density at radius 3 is 2.47 bits per heavy atom. The quantitative estimate of drug-likeness (QED) is 0.217. The second-order valence-corrected chi connectivity index (χ2v) is 12.8. The number of nitrogens with zero attached hydrogens (tertiary/aromatic N) is 6. The first-order chi connectivity index (χ1) is 21.7. The summed E-state index contributed by atoms with van der Waals surface area (Å²) in [7, 11) is 1.87. The van der Waals surface area contributed by atoms with Crippen LogP contribution in [-0.4, -0.2) is 49.5 Å². The first-order valence-corrected chi connectivity index (χ1v) is 15.9. The zero-order valence-corrected chi connectivity index (χ0v) is 26.4. The van der Waals surface area contributed by atoms with Crippen molar-refractivity contribution in [2.24, 2.45) is 7.05 Å². The summed E-state index contributed by atoms with van der Waals surface area (Å²) in [5.41, 5.74) is 4.58. The SMILES string of the molecule is C[C@@H]1CN(c2ccc(Nc3ncc4cc(-c5ccc(Cl)cc5-c5ccnn5C)c(=O)n(C5CCCC5)c4n3)cc2F)C[C@H](C)N1. The van der Waals surface area contributed by atoms with E-state index in [0.29, 0.717) is 33.6 Å². The number of anilines is 3. The van der Waals surface area contributed by atoms with E-state index in [0.717, 1.165) is 61.0 Å². The number of hydrogen-bond donors (Lipinski definition) is 2. The molecule has 5 aromatic rings. The average Bonchev–Trinajstić information content (AvgIpc) is 3.69. The molecule has 11 heteroatoms. The number of piperazine rings is 1. The standard InChI is InChI=1S/C34H36ClFN8O/c1-20-18-43(19-21(2)39-20)31-11-9-24(16-29(31)36)40-34-37-17-22-14-28(33(45)44(32(22)41-34)25-6-4-5-7-25)26-10-8-23(35)15-27(26)30-12-13-38-42(30)3/h8-17,20-21,25,39H,4-7,18-19H2,1-3H3,(H,37,40,41)/t20-,21+. The predicted molar refractivity (Wildman–Crippen MR) is 178 cm³/mol. The van der Waals surface area contributed by atoms with Gasteiger partial charge < -0.3 is 15.5 Å². The normalized spacial score (nSPS) is 19.0. The van der Waals surface area contributed by atoms with Gasteiger partial charge in [-0.25, -0.2) is 9.37 Å². The zero-order chi connectivity index (χ0) is 31.2. The Morgan fingerprint density at radius 2 is 1.76 bits per heavy atom. The summed E-state index contributed by atoms with van der Waals surface area (Å²) < 4.78 is 19.0. The third-order valence-electron chi connectivity index (χ3n) is 8.93. The summed E-state index contributed by atoms with van der Waals surface area (Å²) in [6, 6.07) is 15.0. The first-order valence-electron chi connectivity index (χ1n) is 15.5. The van der Waals surface area contributed by atoms with Crippen LogP contribution in [-0.2, 0) is 7.05 Å². The maximum absolute atomic E-state index is 15.4. The van der Waals surface area contributed by atoms with Crippen molar-refractivity contribution in [2.45, 2.75) is 57.7 Å². The molecule has 2 N–H and O–H groups in total. The highest BCUT2D eigenvalue weighted by Crippen LogP contribution is 2.36. The molecule has 4 heterocycles. The Balaban J connectivity index is 1.28. The van der Waals surface area contributed by atoms with Crippen LogP contribution in [0.4, 0.5) is 21.7 Å². The number of rotatable bonds is 6. The minimum atomic E-state index is -0.304. The van der Waals surface area contributed by atoms with Gasteiger partial charge in [0.2, 0.25) is 5.95 Å². The van der Waals surface area contributed by atoms with Crippen LogP contribution >= 0.6 is 11.6 Å². The summed E-state index contributed by atoms with van der Waals surface area (Å²) in [6.45, 7) is 5.69. The molecule has 1 aliphatic heterocycles. The highest BCUT2D eigenvalue weighted by atomic mass is 35.5. The summed E-state index contributed by atoms with van der Waals surface area (Å²) in [5, 5.41) is 12.3. The Kier molecular flexibility index (Phi) is 7.79. The lowest BCUT2D eigenvalue weighted by molar-refractivity contribution is 0.404. The van der Waals surface area contributed by atoms with E-state index >= 15 is 4.39 Å². The number of nitrogens with one attached hydrogen (secondary N) is 2. The van der Waals surface area contributed by atoms with Crippen LogP contribution < -0.4 is 21.1 Å². The maximum atomic E-state index is 15.4. The maximum Gasteiger partial charge on any atom is 0.260 e. The van der Waals surface area contributed by atoms with Crippen LogP contribution in [0.5, 0.6) is 0 Å². The molecule has 7 rings (SSSR count). The third kappa shape index (κ3) is 5.68. The summed E-state index contributed by atoms with van der Waals surface area (Å²) in [5.74, 6) is 0.00168. The molecule has 2 aromatic carbocycles. The summed E-state index contributed by atoms with van der Waals surface area (Å²) >= 11 is 6.43. The number of aryl methyl sites for hydroxylation is 1. The van der Waals surface area contributed by atoms with Crippen LogP contribution in [0.15, 0.2) is 65.7 Å². The highest BCUT2D eigenvalue weighted by molar-refractivity contribution is 6.31. The van der Waals surface area contributed by atoms with Crippen LogP contribution in [0.2, 0.25) is 5.02 Å². The molecule has 1 aliphatic carbocycles. The molecule has 2 fully saturated rings. The van der Waals surface area contributed by atoms with E-state index in [1.54, 1.807) is 29.2 Å². The molecule has 0 unspecified atom stereocenters. The molecular formula is C34H36ClFN8O. The molecule has 0 radical (unpaired) electrons. The Morgan fingerprint density at radius 1 is 0.978 bits per heavy atom. The molecule has 45 heavy (non-hydrogen) atoms. The van der Waals surface area contributed by atoms with Gasteiger partial charge in [0.1, 0.15) is 11.5 Å². The topological polar surface area (TPSA) is 92.9 Å². The molecule has 1 saturated heterocycles. The fourth-order valence-corrected chi connectivity index (χ4v) is 7.14. The van der Waals surface area contributed by atoms with E-state index in [1.165, 1.54) is 6.07 Å². The lowest BCUT2D eigenvalue weighted by atomic mass is 9.97. The van der Waals surface area contributed by atoms with Crippen LogP contribution in [0, 0.1) is 5.82 Å². The van der Waals surface area contributed by atoms with Crippen molar-refractivity contribution in [1.82, 2.24) is 29.6 Å². The first kappa shape index (κ1) is 29.4. The van der Waals surface area contributed by atoms with E-state index in [9.17, 15) is 4.79 Å². The zero-order valence-electron chi connectivity index (χ0n) is 25.6. The minimum absolute atomic E-state index is 0.0238. The number of halogens is 2. The molecule has 2 atom stereocenters. The number of aromatic nitrogens is 5. The van der Waals surface area contributed by atoms with Gasteiger partial charge in [-0.1, -0.05) is 30.5 Å². The average molecular weight is 627 g/mol. The Hall–Kier alpha value is -4.28. The largest absolute Gasteiger partial charge is 0.366 e. The molecule has 3 aromatic heterocycles. The van der Waals surface area contributed by atoms with Crippen molar-refractivity contribution in [1.29, 1.82) is 0 Å². The number of benzene rings is 2. The Labute approximate surface area is 266 Å². The van der Waals surface area contributed by atoms with Crippen molar-refractivity contribution in [3.8, 4) is 22.4 Å². The number of pyridine rings is 1. The lowest BCUT2D eigenvalue weighted by Gasteiger charge is -2.37. The smallest absolute Gasteiger partial charge is 0.260 e. The van der Waals surface area contributed by atoms with Crippen molar-refractivity contribution in [3.63, 3.8) is 0 Å². The van der Waals surface area contributed by atoms with E-state index in [1.807, 2.05) is 41.9 Å². The van der Waals surface area contributed by atoms with Gasteiger partial charge in [-0.15, -0.1) is 0 Å². The molecule has 0 bridgehead atoms. The highest BCUT2D eigenvalue weighted by Gasteiger charge is 2.26. The van der Waals surface area contributed by atoms with E-state index in [4.69, 9.17) is 16.6 Å². The van der Waals surface area contributed by atoms with Gasteiger partial charge in [-0.05, 0) is 74.7 Å². The van der Waals surface area contributed by atoms with Gasteiger partial charge >= 0.3 is 0 Å². The molecule has 0 spiro atoms. The van der Waals surface area contributed by atoms with Crippen LogP contribution in [0.1, 0.15) is 45.6 Å². The molecule has 2 aliphatic rings. The molecule has 232 valence electrons. The van der Waals surface area contributed by atoms with E-state index in [2.05, 4.69) is 39.5 Å². The lowest BCUT2D eigenvalue weighted by Crippen LogP contribution is -2.54. The van der Waals surface area contributed by atoms with E-state index < -0.39 is 0 Å².